The summed E-state index contributed by atoms with van der Waals surface area (Å²) in [6, 6.07) is 0. The predicted octanol–water partition coefficient (Wildman–Crippen LogP) is 3.70. The van der Waals surface area contributed by atoms with Crippen molar-refractivity contribution < 1.29 is 4.39 Å². The van der Waals surface area contributed by atoms with Gasteiger partial charge in [0.15, 0.2) is 11.6 Å². The summed E-state index contributed by atoms with van der Waals surface area (Å²) in [7, 11) is 0. The fourth-order valence-corrected chi connectivity index (χ4v) is 2.86. The van der Waals surface area contributed by atoms with Crippen LogP contribution in [0.15, 0.2) is 6.20 Å². The number of aromatic nitrogens is 2. The topological polar surface area (TPSA) is 41.1 Å². The van der Waals surface area contributed by atoms with Gasteiger partial charge in [-0.05, 0) is 30.6 Å². The summed E-state index contributed by atoms with van der Waals surface area (Å²) in [5.74, 6) is 1.32. The van der Waals surface area contributed by atoms with Gasteiger partial charge in [-0.2, -0.15) is 4.98 Å². The van der Waals surface area contributed by atoms with Crippen molar-refractivity contribution in [3.05, 3.63) is 12.0 Å². The van der Waals surface area contributed by atoms with Gasteiger partial charge in [0, 0.05) is 19.6 Å². The molecule has 1 aliphatic heterocycles. The van der Waals surface area contributed by atoms with E-state index in [9.17, 15) is 4.39 Å². The lowest BCUT2D eigenvalue weighted by atomic mass is 9.75. The Kier molecular flexibility index (Phi) is 5.01. The molecule has 1 aromatic heterocycles. The fourth-order valence-electron chi connectivity index (χ4n) is 2.86. The van der Waals surface area contributed by atoms with Gasteiger partial charge in [-0.25, -0.2) is 9.37 Å². The van der Waals surface area contributed by atoms with Gasteiger partial charge in [-0.15, -0.1) is 0 Å². The van der Waals surface area contributed by atoms with Crippen LogP contribution in [0.1, 0.15) is 47.0 Å². The quantitative estimate of drug-likeness (QED) is 0.919. The molecule has 1 saturated heterocycles. The van der Waals surface area contributed by atoms with E-state index in [1.54, 1.807) is 0 Å². The molecule has 0 radical (unpaired) electrons. The van der Waals surface area contributed by atoms with Crippen LogP contribution in [0.25, 0.3) is 0 Å². The van der Waals surface area contributed by atoms with Crippen molar-refractivity contribution >= 4 is 11.8 Å². The average molecular weight is 294 g/mol. The summed E-state index contributed by atoms with van der Waals surface area (Å²) < 4.78 is 14.0. The van der Waals surface area contributed by atoms with Crippen molar-refractivity contribution in [3.63, 3.8) is 0 Å². The highest BCUT2D eigenvalue weighted by atomic mass is 19.1. The van der Waals surface area contributed by atoms with Gasteiger partial charge < -0.3 is 10.2 Å². The van der Waals surface area contributed by atoms with E-state index < -0.39 is 0 Å². The number of piperidine rings is 1. The van der Waals surface area contributed by atoms with Crippen LogP contribution in [0.3, 0.4) is 0 Å². The van der Waals surface area contributed by atoms with E-state index in [4.69, 9.17) is 0 Å². The van der Waals surface area contributed by atoms with Gasteiger partial charge in [0.2, 0.25) is 5.95 Å². The van der Waals surface area contributed by atoms with Crippen LogP contribution in [-0.4, -0.2) is 29.6 Å². The summed E-state index contributed by atoms with van der Waals surface area (Å²) in [4.78, 5) is 10.4. The Morgan fingerprint density at radius 1 is 1.33 bits per heavy atom. The Balaban J connectivity index is 2.05. The molecule has 5 heteroatoms. The van der Waals surface area contributed by atoms with Crippen molar-refractivity contribution in [2.24, 2.45) is 11.3 Å². The highest BCUT2D eigenvalue weighted by molar-refractivity contribution is 5.44. The Morgan fingerprint density at radius 2 is 2.00 bits per heavy atom. The fraction of sp³-hybridized carbons (Fsp3) is 0.750. The third-order valence-electron chi connectivity index (χ3n) is 4.28. The highest BCUT2D eigenvalue weighted by Gasteiger charge is 2.30. The second-order valence-corrected chi connectivity index (χ2v) is 6.92. The van der Waals surface area contributed by atoms with Gasteiger partial charge in [-0.3, -0.25) is 0 Å². The third kappa shape index (κ3) is 4.05. The molecule has 0 unspecified atom stereocenters. The maximum Gasteiger partial charge on any atom is 0.224 e. The molecule has 0 saturated carbocycles. The molecule has 0 bridgehead atoms. The smallest absolute Gasteiger partial charge is 0.224 e. The molecule has 1 fully saturated rings. The van der Waals surface area contributed by atoms with Crippen molar-refractivity contribution in [1.29, 1.82) is 0 Å². The minimum atomic E-state index is -0.328. The third-order valence-corrected chi connectivity index (χ3v) is 4.28. The van der Waals surface area contributed by atoms with Crippen LogP contribution in [-0.2, 0) is 0 Å². The lowest BCUT2D eigenvalue weighted by Crippen LogP contribution is -2.39. The first kappa shape index (κ1) is 16.0. The number of rotatable bonds is 4. The highest BCUT2D eigenvalue weighted by Crippen LogP contribution is 2.35. The van der Waals surface area contributed by atoms with Crippen molar-refractivity contribution in [2.45, 2.75) is 47.0 Å². The summed E-state index contributed by atoms with van der Waals surface area (Å²) >= 11 is 0. The molecule has 2 heterocycles. The van der Waals surface area contributed by atoms with Gasteiger partial charge in [0.1, 0.15) is 0 Å². The van der Waals surface area contributed by atoms with E-state index in [2.05, 4.69) is 47.9 Å². The number of nitrogens with zero attached hydrogens (tertiary/aromatic N) is 3. The summed E-state index contributed by atoms with van der Waals surface area (Å²) in [5.41, 5.74) is 0.324. The Bertz CT molecular complexity index is 462. The van der Waals surface area contributed by atoms with E-state index in [0.717, 1.165) is 38.9 Å². The van der Waals surface area contributed by atoms with Crippen LogP contribution < -0.4 is 10.2 Å². The summed E-state index contributed by atoms with van der Waals surface area (Å²) in [6.45, 7) is 11.5. The number of anilines is 2. The summed E-state index contributed by atoms with van der Waals surface area (Å²) in [6.07, 6.45) is 4.44. The number of nitrogens with one attached hydrogen (secondary N) is 1. The molecule has 0 aliphatic carbocycles. The molecule has 2 rings (SSSR count). The Labute approximate surface area is 127 Å². The predicted molar refractivity (Wildman–Crippen MR) is 85.2 cm³/mol. The van der Waals surface area contributed by atoms with Gasteiger partial charge in [-0.1, -0.05) is 27.7 Å². The molecule has 0 atom stereocenters. The first-order chi connectivity index (χ1) is 9.91. The maximum absolute atomic E-state index is 14.0. The van der Waals surface area contributed by atoms with Crippen LogP contribution in [0, 0.1) is 17.2 Å². The van der Waals surface area contributed by atoms with E-state index in [-0.39, 0.29) is 5.82 Å². The molecule has 0 spiro atoms. The molecule has 1 N–H and O–H groups in total. The zero-order valence-corrected chi connectivity index (χ0v) is 13.6. The number of hydrogen-bond acceptors (Lipinski definition) is 4. The lowest BCUT2D eigenvalue weighted by molar-refractivity contribution is 0.198. The van der Waals surface area contributed by atoms with E-state index >= 15 is 0 Å². The van der Waals surface area contributed by atoms with Gasteiger partial charge in [0.05, 0.1) is 6.20 Å². The van der Waals surface area contributed by atoms with Crippen LogP contribution >= 0.6 is 0 Å². The minimum Gasteiger partial charge on any atom is -0.354 e. The molecule has 4 nitrogen and oxygen atoms in total. The van der Waals surface area contributed by atoms with Gasteiger partial charge in [0.25, 0.3) is 0 Å². The Morgan fingerprint density at radius 3 is 2.57 bits per heavy atom. The lowest BCUT2D eigenvalue weighted by Gasteiger charge is -2.39. The zero-order valence-electron chi connectivity index (χ0n) is 13.6. The SMILES string of the molecule is CCCNc1ncc(F)c(N2CCC(C(C)(C)C)CC2)n1. The van der Waals surface area contributed by atoms with E-state index in [0.29, 0.717) is 23.1 Å². The van der Waals surface area contributed by atoms with Gasteiger partial charge >= 0.3 is 0 Å². The molecule has 0 amide bonds. The first-order valence-corrected chi connectivity index (χ1v) is 7.93. The molecule has 21 heavy (non-hydrogen) atoms. The summed E-state index contributed by atoms with van der Waals surface area (Å²) in [5, 5.41) is 3.12. The largest absolute Gasteiger partial charge is 0.354 e. The van der Waals surface area contributed by atoms with Crippen molar-refractivity contribution in [3.8, 4) is 0 Å². The monoisotopic (exact) mass is 294 g/mol. The number of hydrogen-bond donors (Lipinski definition) is 1. The van der Waals surface area contributed by atoms with E-state index in [1.807, 2.05) is 0 Å². The molecule has 0 aromatic carbocycles. The molecular formula is C16H27FN4. The van der Waals surface area contributed by atoms with Crippen LogP contribution in [0.5, 0.6) is 0 Å². The second kappa shape index (κ2) is 6.58. The van der Waals surface area contributed by atoms with Crippen molar-refractivity contribution in [2.75, 3.05) is 29.9 Å². The molecule has 1 aromatic rings. The molecule has 1 aliphatic rings. The Hall–Kier alpha value is -1.39. The van der Waals surface area contributed by atoms with Crippen LogP contribution in [0.2, 0.25) is 0 Å². The first-order valence-electron chi connectivity index (χ1n) is 7.93. The van der Waals surface area contributed by atoms with E-state index in [1.165, 1.54) is 6.20 Å². The van der Waals surface area contributed by atoms with Crippen molar-refractivity contribution in [1.82, 2.24) is 9.97 Å². The minimum absolute atomic E-state index is 0.324. The number of halogens is 1. The standard InChI is InChI=1S/C16H27FN4/c1-5-8-18-15-19-11-13(17)14(20-15)21-9-6-12(7-10-21)16(2,3)4/h11-12H,5-10H2,1-4H3,(H,18,19,20). The van der Waals surface area contributed by atoms with Crippen LogP contribution in [0.4, 0.5) is 16.2 Å². The average Bonchev–Trinajstić information content (AvgIpc) is 2.46. The molecule has 118 valence electrons. The molecular weight excluding hydrogens is 267 g/mol. The second-order valence-electron chi connectivity index (χ2n) is 6.92. The normalized spacial score (nSPS) is 17.1. The zero-order chi connectivity index (χ0) is 15.5. The maximum atomic E-state index is 14.0.